The second-order valence-corrected chi connectivity index (χ2v) is 6.84. The molecule has 0 unspecified atom stereocenters. The van der Waals surface area contributed by atoms with Gasteiger partial charge in [-0.2, -0.15) is 0 Å². The monoisotopic (exact) mass is 293 g/mol. The van der Waals surface area contributed by atoms with E-state index in [-0.39, 0.29) is 21.8 Å². The van der Waals surface area contributed by atoms with Gasteiger partial charge in [0.2, 0.25) is 20.0 Å². The fourth-order valence-corrected chi connectivity index (χ4v) is 3.06. The Hall–Kier alpha value is -1.00. The van der Waals surface area contributed by atoms with Gasteiger partial charge in [-0.25, -0.2) is 32.2 Å². The van der Waals surface area contributed by atoms with Crippen LogP contribution in [0.4, 0.5) is 0 Å². The van der Waals surface area contributed by atoms with Gasteiger partial charge in [-0.05, 0) is 36.6 Å². The van der Waals surface area contributed by atoms with Gasteiger partial charge < -0.3 is 0 Å². The van der Waals surface area contributed by atoms with Crippen molar-refractivity contribution in [1.82, 2.24) is 0 Å². The minimum absolute atomic E-state index is 0.00227. The van der Waals surface area contributed by atoms with Gasteiger partial charge in [0.25, 0.3) is 0 Å². The van der Waals surface area contributed by atoms with E-state index >= 15 is 0 Å². The van der Waals surface area contributed by atoms with Crippen LogP contribution in [0.2, 0.25) is 0 Å². The SMILES string of the molecule is Cc1c(CC[O])cc(S(N)(=O)=O)cc1S(N)(=O)=O. The lowest BCUT2D eigenvalue weighted by Gasteiger charge is -2.11. The molecule has 7 nitrogen and oxygen atoms in total. The van der Waals surface area contributed by atoms with Gasteiger partial charge >= 0.3 is 0 Å². The Labute approximate surface area is 106 Å². The van der Waals surface area contributed by atoms with E-state index in [2.05, 4.69) is 0 Å². The summed E-state index contributed by atoms with van der Waals surface area (Å²) in [7, 11) is -8.14. The zero-order valence-electron chi connectivity index (χ0n) is 9.58. The van der Waals surface area contributed by atoms with Crippen molar-refractivity contribution < 1.29 is 21.9 Å². The molecular weight excluding hydrogens is 280 g/mol. The summed E-state index contributed by atoms with van der Waals surface area (Å²) in [6, 6.07) is 2.09. The first-order valence-electron chi connectivity index (χ1n) is 4.84. The van der Waals surface area contributed by atoms with Crippen LogP contribution in [-0.2, 0) is 31.6 Å². The molecule has 0 fully saturated rings. The quantitative estimate of drug-likeness (QED) is 0.754. The van der Waals surface area contributed by atoms with Gasteiger partial charge in [-0.1, -0.05) is 0 Å². The van der Waals surface area contributed by atoms with Crippen molar-refractivity contribution in [3.8, 4) is 0 Å². The highest BCUT2D eigenvalue weighted by Crippen LogP contribution is 2.23. The highest BCUT2D eigenvalue weighted by atomic mass is 32.2. The summed E-state index contributed by atoms with van der Waals surface area (Å²) in [5.74, 6) is 0. The summed E-state index contributed by atoms with van der Waals surface area (Å²) in [4.78, 5) is -0.710. The van der Waals surface area contributed by atoms with Crippen LogP contribution < -0.4 is 10.3 Å². The van der Waals surface area contributed by atoms with Crippen LogP contribution in [0.1, 0.15) is 11.1 Å². The van der Waals surface area contributed by atoms with Crippen LogP contribution in [-0.4, -0.2) is 23.4 Å². The van der Waals surface area contributed by atoms with Crippen molar-refractivity contribution in [2.24, 2.45) is 10.3 Å². The predicted molar refractivity (Wildman–Crippen MR) is 63.2 cm³/mol. The second kappa shape index (κ2) is 4.94. The largest absolute Gasteiger partial charge is 0.238 e. The van der Waals surface area contributed by atoms with Gasteiger partial charge in [-0.3, -0.25) is 0 Å². The molecule has 0 saturated heterocycles. The summed E-state index contributed by atoms with van der Waals surface area (Å²) in [5.41, 5.74) is 0.571. The number of hydrogen-bond donors (Lipinski definition) is 2. The molecule has 0 aliphatic carbocycles. The van der Waals surface area contributed by atoms with Gasteiger partial charge in [0, 0.05) is 0 Å². The molecular formula is C9H13N2O5S2. The maximum atomic E-state index is 11.4. The van der Waals surface area contributed by atoms with E-state index in [4.69, 9.17) is 10.3 Å². The van der Waals surface area contributed by atoms with Crippen molar-refractivity contribution >= 4 is 20.0 Å². The molecule has 0 bridgehead atoms. The zero-order chi connectivity index (χ0) is 14.1. The Morgan fingerprint density at radius 2 is 1.61 bits per heavy atom. The lowest BCUT2D eigenvalue weighted by atomic mass is 10.1. The van der Waals surface area contributed by atoms with Crippen LogP contribution >= 0.6 is 0 Å². The Bertz CT molecular complexity index is 664. The molecule has 0 aromatic heterocycles. The Morgan fingerprint density at radius 3 is 2.00 bits per heavy atom. The van der Waals surface area contributed by atoms with Crippen molar-refractivity contribution in [3.05, 3.63) is 23.3 Å². The Balaban J connectivity index is 3.68. The van der Waals surface area contributed by atoms with Crippen LogP contribution in [0.3, 0.4) is 0 Å². The molecule has 1 aromatic rings. The summed E-state index contributed by atoms with van der Waals surface area (Å²) in [6.45, 7) is 0.955. The molecule has 0 atom stereocenters. The third-order valence-electron chi connectivity index (χ3n) is 2.45. The first-order chi connectivity index (χ1) is 8.07. The van der Waals surface area contributed by atoms with Gasteiger partial charge in [0.15, 0.2) is 0 Å². The maximum Gasteiger partial charge on any atom is 0.238 e. The second-order valence-electron chi connectivity index (χ2n) is 3.75. The molecule has 1 radical (unpaired) electrons. The third-order valence-corrected chi connectivity index (χ3v) is 4.38. The minimum atomic E-state index is -4.08. The van der Waals surface area contributed by atoms with E-state index in [9.17, 15) is 21.9 Å². The summed E-state index contributed by atoms with van der Waals surface area (Å²) < 4.78 is 45.2. The molecule has 101 valence electrons. The first-order valence-corrected chi connectivity index (χ1v) is 7.94. The Kier molecular flexibility index (Phi) is 4.13. The Morgan fingerprint density at radius 1 is 1.06 bits per heavy atom. The molecule has 0 aliphatic heterocycles. The lowest BCUT2D eigenvalue weighted by Crippen LogP contribution is -2.18. The summed E-state index contributed by atoms with van der Waals surface area (Å²) in [6.07, 6.45) is -0.00227. The fourth-order valence-electron chi connectivity index (χ4n) is 1.55. The predicted octanol–water partition coefficient (Wildman–Crippen LogP) is -0.737. The standard InChI is InChI=1S/C9H13N2O5S2/c1-6-7(2-3-12)4-8(17(10,13)14)5-9(6)18(11,15)16/h4-5H,2-3H2,1H3,(H2,10,13,14)(H2,11,15,16). The van der Waals surface area contributed by atoms with Crippen molar-refractivity contribution in [3.63, 3.8) is 0 Å². The third kappa shape index (κ3) is 3.27. The molecule has 1 aromatic carbocycles. The van der Waals surface area contributed by atoms with Gasteiger partial charge in [0.1, 0.15) is 0 Å². The number of hydrogen-bond acceptors (Lipinski definition) is 4. The number of rotatable bonds is 4. The average Bonchev–Trinajstić information content (AvgIpc) is 2.17. The molecule has 0 amide bonds. The van der Waals surface area contributed by atoms with E-state index in [1.165, 1.54) is 13.0 Å². The van der Waals surface area contributed by atoms with E-state index in [0.717, 1.165) is 6.07 Å². The zero-order valence-corrected chi connectivity index (χ0v) is 11.2. The number of nitrogens with two attached hydrogens (primary N) is 2. The van der Waals surface area contributed by atoms with Crippen LogP contribution in [0.15, 0.2) is 21.9 Å². The van der Waals surface area contributed by atoms with Crippen molar-refractivity contribution in [2.45, 2.75) is 23.1 Å². The van der Waals surface area contributed by atoms with Crippen LogP contribution in [0.25, 0.3) is 0 Å². The van der Waals surface area contributed by atoms with E-state index in [1.54, 1.807) is 0 Å². The number of benzene rings is 1. The molecule has 0 aliphatic rings. The number of primary sulfonamides is 2. The first kappa shape index (κ1) is 15.1. The van der Waals surface area contributed by atoms with E-state index in [0.29, 0.717) is 5.56 Å². The van der Waals surface area contributed by atoms with Gasteiger partial charge in [0.05, 0.1) is 16.4 Å². The van der Waals surface area contributed by atoms with E-state index < -0.39 is 26.7 Å². The normalized spacial score (nSPS) is 12.7. The molecule has 18 heavy (non-hydrogen) atoms. The maximum absolute atomic E-state index is 11.4. The highest BCUT2D eigenvalue weighted by molar-refractivity contribution is 7.90. The van der Waals surface area contributed by atoms with Crippen LogP contribution in [0, 0.1) is 6.92 Å². The smallest absolute Gasteiger partial charge is 0.236 e. The topological polar surface area (TPSA) is 140 Å². The van der Waals surface area contributed by atoms with Crippen molar-refractivity contribution in [1.29, 1.82) is 0 Å². The number of sulfonamides is 2. The average molecular weight is 293 g/mol. The lowest BCUT2D eigenvalue weighted by molar-refractivity contribution is 0.197. The molecule has 1 rings (SSSR count). The molecule has 9 heteroatoms. The van der Waals surface area contributed by atoms with E-state index in [1.807, 2.05) is 0 Å². The highest BCUT2D eigenvalue weighted by Gasteiger charge is 2.19. The molecule has 0 saturated carbocycles. The molecule has 4 N–H and O–H groups in total. The summed E-state index contributed by atoms with van der Waals surface area (Å²) >= 11 is 0. The fraction of sp³-hybridized carbons (Fsp3) is 0.333. The minimum Gasteiger partial charge on any atom is -0.236 e. The van der Waals surface area contributed by atoms with Crippen molar-refractivity contribution in [2.75, 3.05) is 6.61 Å². The molecule has 0 spiro atoms. The van der Waals surface area contributed by atoms with Gasteiger partial charge in [-0.15, -0.1) is 0 Å². The summed E-state index contributed by atoms with van der Waals surface area (Å²) in [5, 5.41) is 20.5. The molecule has 0 heterocycles. The van der Waals surface area contributed by atoms with Crippen LogP contribution in [0.5, 0.6) is 0 Å².